The lowest BCUT2D eigenvalue weighted by Crippen LogP contribution is -2.24. The third kappa shape index (κ3) is 5.28. The number of hydrogen-bond acceptors (Lipinski definition) is 7. The number of aromatic nitrogens is 3. The van der Waals surface area contributed by atoms with Crippen LogP contribution < -0.4 is 10.1 Å². The highest BCUT2D eigenvalue weighted by Gasteiger charge is 2.36. The molecule has 0 saturated heterocycles. The zero-order valence-electron chi connectivity index (χ0n) is 22.0. The molecule has 2 aliphatic rings. The van der Waals surface area contributed by atoms with Gasteiger partial charge in [-0.15, -0.1) is 0 Å². The predicted octanol–water partition coefficient (Wildman–Crippen LogP) is 5.47. The van der Waals surface area contributed by atoms with E-state index in [1.165, 1.54) is 0 Å². The number of alkyl halides is 3. The summed E-state index contributed by atoms with van der Waals surface area (Å²) in [5.41, 5.74) is 0.177. The maximum atomic E-state index is 14.7. The Hall–Kier alpha value is -4.13. The van der Waals surface area contributed by atoms with Crippen LogP contribution in [0.25, 0.3) is 22.3 Å². The molecule has 6 rings (SSSR count). The number of rotatable bonds is 7. The first-order chi connectivity index (χ1) is 20.2. The highest BCUT2D eigenvalue weighted by molar-refractivity contribution is 7.92. The fourth-order valence-electron chi connectivity index (χ4n) is 4.83. The van der Waals surface area contributed by atoms with Crippen molar-refractivity contribution >= 4 is 26.6 Å². The Labute approximate surface area is 238 Å². The maximum Gasteiger partial charge on any atom is 0.251 e. The second-order valence-electron chi connectivity index (χ2n) is 10.2. The van der Waals surface area contributed by atoms with Crippen LogP contribution in [0.3, 0.4) is 0 Å². The van der Waals surface area contributed by atoms with Gasteiger partial charge in [-0.25, -0.2) is 31.0 Å². The summed E-state index contributed by atoms with van der Waals surface area (Å²) < 4.78 is 86.1. The van der Waals surface area contributed by atoms with Crippen LogP contribution in [-0.4, -0.2) is 48.1 Å². The zero-order chi connectivity index (χ0) is 29.6. The summed E-state index contributed by atoms with van der Waals surface area (Å²) in [5, 5.41) is 3.26. The van der Waals surface area contributed by atoms with E-state index in [4.69, 9.17) is 4.74 Å². The topological polar surface area (TPSA) is 111 Å². The Morgan fingerprint density at radius 3 is 2.60 bits per heavy atom. The van der Waals surface area contributed by atoms with E-state index in [0.717, 1.165) is 25.0 Å². The van der Waals surface area contributed by atoms with Crippen molar-refractivity contribution in [3.05, 3.63) is 77.0 Å². The Morgan fingerprint density at radius 2 is 1.83 bits per heavy atom. The number of fused-ring (bicyclic) bond motifs is 2. The second kappa shape index (κ2) is 10.9. The van der Waals surface area contributed by atoms with Crippen molar-refractivity contribution in [3.63, 3.8) is 0 Å². The van der Waals surface area contributed by atoms with Crippen LogP contribution in [-0.2, 0) is 16.4 Å². The number of ether oxygens (including phenoxy) is 1. The van der Waals surface area contributed by atoms with Gasteiger partial charge in [0.2, 0.25) is 15.3 Å². The van der Waals surface area contributed by atoms with E-state index < -0.39 is 57.0 Å². The molecule has 0 radical (unpaired) electrons. The van der Waals surface area contributed by atoms with E-state index in [-0.39, 0.29) is 30.2 Å². The molecule has 2 atom stereocenters. The SMILES string of the molecule is O=C(NCc1cc2nc(-c3ccc([C@H](F)CF)c(C4CC4)n3)ccc2cn1)c1cc(F)c2c(c1)S(=O)(=O)[C@@H](F)CCO2. The van der Waals surface area contributed by atoms with E-state index in [2.05, 4.69) is 20.3 Å². The van der Waals surface area contributed by atoms with Crippen molar-refractivity contribution in [3.8, 4) is 17.1 Å². The van der Waals surface area contributed by atoms with Gasteiger partial charge in [-0.3, -0.25) is 14.8 Å². The summed E-state index contributed by atoms with van der Waals surface area (Å²) in [7, 11) is -4.54. The number of benzene rings is 1. The number of carbonyl (C=O) groups is 1. The number of amides is 1. The van der Waals surface area contributed by atoms with E-state index in [1.807, 2.05) is 0 Å². The fraction of sp³-hybridized carbons (Fsp3) is 0.310. The molecule has 4 heterocycles. The molecule has 218 valence electrons. The van der Waals surface area contributed by atoms with Crippen LogP contribution in [0.2, 0.25) is 0 Å². The Kier molecular flexibility index (Phi) is 7.29. The van der Waals surface area contributed by atoms with Crippen molar-refractivity contribution < 1.29 is 35.5 Å². The number of pyridine rings is 3. The lowest BCUT2D eigenvalue weighted by molar-refractivity contribution is 0.0949. The van der Waals surface area contributed by atoms with Crippen LogP contribution in [0.4, 0.5) is 17.6 Å². The third-order valence-electron chi connectivity index (χ3n) is 7.22. The molecule has 4 aromatic rings. The van der Waals surface area contributed by atoms with Crippen LogP contribution in [0.1, 0.15) is 58.7 Å². The smallest absolute Gasteiger partial charge is 0.251 e. The van der Waals surface area contributed by atoms with Gasteiger partial charge < -0.3 is 10.1 Å². The third-order valence-corrected chi connectivity index (χ3v) is 9.05. The van der Waals surface area contributed by atoms with Crippen molar-refractivity contribution in [2.24, 2.45) is 0 Å². The van der Waals surface area contributed by atoms with Crippen LogP contribution in [0.15, 0.2) is 53.6 Å². The molecule has 0 unspecified atom stereocenters. The van der Waals surface area contributed by atoms with Gasteiger partial charge >= 0.3 is 0 Å². The first-order valence-corrected chi connectivity index (χ1v) is 14.8. The standard InChI is InChI=1S/C29H24F4N4O4S/c30-12-21(32)19-4-6-23(37-27(19)15-1-2-15)22-5-3-16-13-34-18(11-24(16)36-22)14-35-29(38)17-9-20(31)28-25(10-17)42(39,40)26(33)7-8-41-28/h3-6,9-11,13,15,21,26H,1-2,7-8,12,14H2,(H,35,38)/t21-,26-/m1/s1. The number of nitrogens with zero attached hydrogens (tertiary/aromatic N) is 3. The lowest BCUT2D eigenvalue weighted by atomic mass is 10.0. The largest absolute Gasteiger partial charge is 0.489 e. The summed E-state index contributed by atoms with van der Waals surface area (Å²) >= 11 is 0. The van der Waals surface area contributed by atoms with Gasteiger partial charge in [0.15, 0.2) is 17.7 Å². The summed E-state index contributed by atoms with van der Waals surface area (Å²) in [4.78, 5) is 25.7. The molecule has 1 aliphatic heterocycles. The van der Waals surface area contributed by atoms with Crippen molar-refractivity contribution in [2.75, 3.05) is 13.3 Å². The van der Waals surface area contributed by atoms with Crippen LogP contribution in [0, 0.1) is 5.82 Å². The molecule has 1 saturated carbocycles. The molecule has 1 aliphatic carbocycles. The van der Waals surface area contributed by atoms with Crippen LogP contribution >= 0.6 is 0 Å². The van der Waals surface area contributed by atoms with Crippen LogP contribution in [0.5, 0.6) is 5.75 Å². The minimum atomic E-state index is -4.54. The van der Waals surface area contributed by atoms with E-state index >= 15 is 0 Å². The highest BCUT2D eigenvalue weighted by Crippen LogP contribution is 2.43. The molecule has 0 bridgehead atoms. The van der Waals surface area contributed by atoms with Gasteiger partial charge in [0.05, 0.1) is 41.4 Å². The number of carbonyl (C=O) groups excluding carboxylic acids is 1. The molecule has 1 fully saturated rings. The average Bonchev–Trinajstić information content (AvgIpc) is 3.85. The fourth-order valence-corrected chi connectivity index (χ4v) is 6.22. The monoisotopic (exact) mass is 600 g/mol. The van der Waals surface area contributed by atoms with Gasteiger partial charge in [0.1, 0.15) is 11.6 Å². The first-order valence-electron chi connectivity index (χ1n) is 13.2. The number of nitrogens with one attached hydrogen (secondary N) is 1. The Morgan fingerprint density at radius 1 is 1.07 bits per heavy atom. The molecule has 8 nitrogen and oxygen atoms in total. The highest BCUT2D eigenvalue weighted by atomic mass is 32.2. The summed E-state index contributed by atoms with van der Waals surface area (Å²) in [6.45, 7) is -1.54. The van der Waals surface area contributed by atoms with Gasteiger partial charge in [-0.1, -0.05) is 6.07 Å². The van der Waals surface area contributed by atoms with Crippen molar-refractivity contribution in [1.82, 2.24) is 20.3 Å². The quantitative estimate of drug-likeness (QED) is 0.280. The first kappa shape index (κ1) is 28.0. The molecule has 0 spiro atoms. The molecular weight excluding hydrogens is 576 g/mol. The molecule has 3 aromatic heterocycles. The second-order valence-corrected chi connectivity index (χ2v) is 12.2. The van der Waals surface area contributed by atoms with E-state index in [0.29, 0.717) is 33.7 Å². The van der Waals surface area contributed by atoms with Gasteiger partial charge in [0.25, 0.3) is 5.91 Å². The van der Waals surface area contributed by atoms with E-state index in [9.17, 15) is 30.8 Å². The minimum absolute atomic E-state index is 0.101. The molecule has 1 aromatic carbocycles. The van der Waals surface area contributed by atoms with E-state index in [1.54, 1.807) is 36.5 Å². The number of sulfone groups is 1. The maximum absolute atomic E-state index is 14.7. The summed E-state index contributed by atoms with van der Waals surface area (Å²) in [5.74, 6) is -2.39. The minimum Gasteiger partial charge on any atom is -0.489 e. The Balaban J connectivity index is 1.23. The van der Waals surface area contributed by atoms with Gasteiger partial charge in [-0.2, -0.15) is 0 Å². The van der Waals surface area contributed by atoms with Crippen molar-refractivity contribution in [1.29, 1.82) is 0 Å². The molecule has 1 N–H and O–H groups in total. The number of halogens is 4. The van der Waals surface area contributed by atoms with Gasteiger partial charge in [-0.05, 0) is 49.2 Å². The molecule has 42 heavy (non-hydrogen) atoms. The normalized spacial score (nSPS) is 18.5. The summed E-state index contributed by atoms with van der Waals surface area (Å²) in [6.07, 6.45) is 1.11. The Bertz CT molecular complexity index is 1820. The average molecular weight is 601 g/mol. The zero-order valence-corrected chi connectivity index (χ0v) is 22.8. The number of hydrogen-bond donors (Lipinski definition) is 1. The lowest BCUT2D eigenvalue weighted by Gasteiger charge is -2.12. The van der Waals surface area contributed by atoms with Gasteiger partial charge in [0, 0.05) is 35.0 Å². The molecule has 1 amide bonds. The molecular formula is C29H24F4N4O4S. The predicted molar refractivity (Wildman–Crippen MR) is 144 cm³/mol. The van der Waals surface area contributed by atoms with Crippen molar-refractivity contribution in [2.45, 2.75) is 48.3 Å². The molecule has 13 heteroatoms. The summed E-state index contributed by atoms with van der Waals surface area (Å²) in [6, 6.07) is 10.1.